The Morgan fingerprint density at radius 2 is 2.00 bits per heavy atom. The van der Waals surface area contributed by atoms with Gasteiger partial charge >= 0.3 is 0 Å². The second kappa shape index (κ2) is 9.21. The second-order valence-electron chi connectivity index (χ2n) is 6.72. The SMILES string of the molecule is CSc1ccc(CN(C)C(=O)CCn2c(-c3cccc(C)c3)n[nH]c2=S)cc1. The van der Waals surface area contributed by atoms with Gasteiger partial charge in [-0.05, 0) is 49.2 Å². The number of rotatable bonds is 7. The van der Waals surface area contributed by atoms with Gasteiger partial charge in [0.05, 0.1) is 0 Å². The van der Waals surface area contributed by atoms with Crippen LogP contribution < -0.4 is 0 Å². The number of amides is 1. The average Bonchev–Trinajstić information content (AvgIpc) is 3.07. The van der Waals surface area contributed by atoms with Crippen molar-refractivity contribution in [1.29, 1.82) is 0 Å². The monoisotopic (exact) mass is 412 g/mol. The molecule has 1 N–H and O–H groups in total. The van der Waals surface area contributed by atoms with Gasteiger partial charge in [0, 0.05) is 37.0 Å². The molecule has 5 nitrogen and oxygen atoms in total. The average molecular weight is 413 g/mol. The van der Waals surface area contributed by atoms with Crippen LogP contribution in [-0.4, -0.2) is 38.9 Å². The highest BCUT2D eigenvalue weighted by atomic mass is 32.2. The van der Waals surface area contributed by atoms with E-state index in [0.717, 1.165) is 22.5 Å². The summed E-state index contributed by atoms with van der Waals surface area (Å²) in [7, 11) is 1.83. The third-order valence-corrected chi connectivity index (χ3v) is 5.64. The first kappa shape index (κ1) is 20.4. The Labute approximate surface area is 174 Å². The minimum atomic E-state index is 0.0761. The van der Waals surface area contributed by atoms with Crippen molar-refractivity contribution in [2.75, 3.05) is 13.3 Å². The molecular weight excluding hydrogens is 388 g/mol. The van der Waals surface area contributed by atoms with Gasteiger partial charge in [-0.3, -0.25) is 14.5 Å². The van der Waals surface area contributed by atoms with E-state index in [9.17, 15) is 4.79 Å². The first-order valence-corrected chi connectivity index (χ1v) is 10.7. The van der Waals surface area contributed by atoms with Crippen molar-refractivity contribution < 1.29 is 4.79 Å². The summed E-state index contributed by atoms with van der Waals surface area (Å²) >= 11 is 7.08. The molecule has 1 amide bonds. The molecule has 0 saturated carbocycles. The van der Waals surface area contributed by atoms with Gasteiger partial charge in [-0.2, -0.15) is 5.10 Å². The summed E-state index contributed by atoms with van der Waals surface area (Å²) in [4.78, 5) is 15.6. The summed E-state index contributed by atoms with van der Waals surface area (Å²) < 4.78 is 2.42. The molecule has 0 saturated heterocycles. The molecule has 1 heterocycles. The number of thioether (sulfide) groups is 1. The van der Waals surface area contributed by atoms with Crippen molar-refractivity contribution in [3.05, 3.63) is 64.4 Å². The van der Waals surface area contributed by atoms with Gasteiger partial charge in [0.25, 0.3) is 0 Å². The van der Waals surface area contributed by atoms with Crippen molar-refractivity contribution in [3.8, 4) is 11.4 Å². The fourth-order valence-corrected chi connectivity index (χ4v) is 3.65. The van der Waals surface area contributed by atoms with Crippen LogP contribution in [0.2, 0.25) is 0 Å². The van der Waals surface area contributed by atoms with Crippen LogP contribution in [0.4, 0.5) is 0 Å². The summed E-state index contributed by atoms with van der Waals surface area (Å²) in [6, 6.07) is 16.4. The molecule has 3 rings (SSSR count). The zero-order valence-corrected chi connectivity index (χ0v) is 17.9. The van der Waals surface area contributed by atoms with E-state index in [1.807, 2.05) is 36.7 Å². The lowest BCUT2D eigenvalue weighted by atomic mass is 10.1. The Morgan fingerprint density at radius 3 is 2.68 bits per heavy atom. The molecule has 2 aromatic carbocycles. The zero-order chi connectivity index (χ0) is 20.1. The van der Waals surface area contributed by atoms with Crippen LogP contribution in [0.1, 0.15) is 17.5 Å². The molecular formula is C21H24N4OS2. The molecule has 0 radical (unpaired) electrons. The number of aromatic amines is 1. The Morgan fingerprint density at radius 1 is 1.25 bits per heavy atom. The van der Waals surface area contributed by atoms with Gasteiger partial charge in [-0.15, -0.1) is 11.8 Å². The van der Waals surface area contributed by atoms with Gasteiger partial charge in [0.15, 0.2) is 10.6 Å². The molecule has 7 heteroatoms. The van der Waals surface area contributed by atoms with E-state index >= 15 is 0 Å². The van der Waals surface area contributed by atoms with Gasteiger partial charge < -0.3 is 4.90 Å². The molecule has 0 spiro atoms. The fraction of sp³-hybridized carbons (Fsp3) is 0.286. The van der Waals surface area contributed by atoms with Crippen LogP contribution in [0.15, 0.2) is 53.4 Å². The number of nitrogens with one attached hydrogen (secondary N) is 1. The second-order valence-corrected chi connectivity index (χ2v) is 7.99. The minimum Gasteiger partial charge on any atom is -0.341 e. The number of H-pyrrole nitrogens is 1. The minimum absolute atomic E-state index is 0.0761. The van der Waals surface area contributed by atoms with Gasteiger partial charge in [0.2, 0.25) is 5.91 Å². The molecule has 0 aliphatic heterocycles. The molecule has 3 aromatic rings. The van der Waals surface area contributed by atoms with Crippen LogP contribution >= 0.6 is 24.0 Å². The zero-order valence-electron chi connectivity index (χ0n) is 16.3. The number of nitrogens with zero attached hydrogens (tertiary/aromatic N) is 3. The largest absolute Gasteiger partial charge is 0.341 e. The lowest BCUT2D eigenvalue weighted by molar-refractivity contribution is -0.130. The van der Waals surface area contributed by atoms with E-state index in [1.54, 1.807) is 16.7 Å². The third kappa shape index (κ3) is 4.91. The van der Waals surface area contributed by atoms with Crippen LogP contribution in [0.3, 0.4) is 0 Å². The van der Waals surface area contributed by atoms with E-state index < -0.39 is 0 Å². The normalized spacial score (nSPS) is 10.8. The van der Waals surface area contributed by atoms with E-state index in [-0.39, 0.29) is 5.91 Å². The maximum absolute atomic E-state index is 12.6. The molecule has 0 aliphatic carbocycles. The van der Waals surface area contributed by atoms with Crippen LogP contribution in [-0.2, 0) is 17.9 Å². The number of carbonyl (C=O) groups excluding carboxylic acids is 1. The highest BCUT2D eigenvalue weighted by Crippen LogP contribution is 2.19. The predicted octanol–water partition coefficient (Wildman–Crippen LogP) is 4.69. The molecule has 0 bridgehead atoms. The fourth-order valence-electron chi connectivity index (χ4n) is 3.02. The van der Waals surface area contributed by atoms with Crippen molar-refractivity contribution in [2.24, 2.45) is 0 Å². The maximum Gasteiger partial charge on any atom is 0.224 e. The number of carbonyl (C=O) groups is 1. The summed E-state index contributed by atoms with van der Waals surface area (Å²) in [5.74, 6) is 0.837. The Balaban J connectivity index is 1.66. The first-order chi connectivity index (χ1) is 13.5. The third-order valence-electron chi connectivity index (χ3n) is 4.59. The van der Waals surface area contributed by atoms with Crippen molar-refractivity contribution in [3.63, 3.8) is 0 Å². The number of hydrogen-bond donors (Lipinski definition) is 1. The summed E-state index contributed by atoms with van der Waals surface area (Å²) in [5, 5.41) is 7.20. The van der Waals surface area contributed by atoms with Gasteiger partial charge in [-0.25, -0.2) is 0 Å². The van der Waals surface area contributed by atoms with Crippen molar-refractivity contribution in [1.82, 2.24) is 19.7 Å². The highest BCUT2D eigenvalue weighted by molar-refractivity contribution is 7.98. The molecule has 1 aromatic heterocycles. The first-order valence-electron chi connectivity index (χ1n) is 9.07. The lowest BCUT2D eigenvalue weighted by Gasteiger charge is -2.18. The summed E-state index contributed by atoms with van der Waals surface area (Å²) in [6.45, 7) is 3.13. The van der Waals surface area contributed by atoms with Gasteiger partial charge in [0.1, 0.15) is 0 Å². The Bertz CT molecular complexity index is 1010. The Kier molecular flexibility index (Phi) is 6.70. The molecule has 28 heavy (non-hydrogen) atoms. The smallest absolute Gasteiger partial charge is 0.224 e. The molecule has 0 unspecified atom stereocenters. The van der Waals surface area contributed by atoms with Crippen molar-refractivity contribution >= 4 is 29.9 Å². The summed E-state index contributed by atoms with van der Waals surface area (Å²) in [5.41, 5.74) is 3.26. The summed E-state index contributed by atoms with van der Waals surface area (Å²) in [6.07, 6.45) is 2.42. The molecule has 146 valence electrons. The highest BCUT2D eigenvalue weighted by Gasteiger charge is 2.13. The van der Waals surface area contributed by atoms with E-state index in [2.05, 4.69) is 46.8 Å². The van der Waals surface area contributed by atoms with E-state index in [4.69, 9.17) is 12.2 Å². The molecule has 0 aliphatic rings. The molecule has 0 atom stereocenters. The van der Waals surface area contributed by atoms with Crippen LogP contribution in [0, 0.1) is 11.7 Å². The number of benzene rings is 2. The maximum atomic E-state index is 12.6. The number of hydrogen-bond acceptors (Lipinski definition) is 4. The topological polar surface area (TPSA) is 53.9 Å². The molecule has 0 fully saturated rings. The van der Waals surface area contributed by atoms with E-state index in [0.29, 0.717) is 24.3 Å². The number of aromatic nitrogens is 3. The van der Waals surface area contributed by atoms with Gasteiger partial charge in [-0.1, -0.05) is 35.9 Å². The lowest BCUT2D eigenvalue weighted by Crippen LogP contribution is -2.27. The van der Waals surface area contributed by atoms with E-state index in [1.165, 1.54) is 4.90 Å². The standard InChI is InChI=1S/C21H24N4OS2/c1-15-5-4-6-17(13-15)20-22-23-21(27)25(20)12-11-19(26)24(2)14-16-7-9-18(28-3)10-8-16/h4-10,13H,11-12,14H2,1-3H3,(H,23,27). The number of aryl methyl sites for hydroxylation is 1. The van der Waals surface area contributed by atoms with Crippen LogP contribution in [0.25, 0.3) is 11.4 Å². The van der Waals surface area contributed by atoms with Crippen LogP contribution in [0.5, 0.6) is 0 Å². The predicted molar refractivity (Wildman–Crippen MR) is 117 cm³/mol. The Hall–Kier alpha value is -2.38. The quantitative estimate of drug-likeness (QED) is 0.452. The van der Waals surface area contributed by atoms with Crippen molar-refractivity contribution in [2.45, 2.75) is 31.3 Å².